The molecule has 2 heterocycles. The zero-order valence-corrected chi connectivity index (χ0v) is 14.8. The molecule has 0 aliphatic carbocycles. The van der Waals surface area contributed by atoms with Gasteiger partial charge in [0.25, 0.3) is 0 Å². The van der Waals surface area contributed by atoms with Gasteiger partial charge in [-0.15, -0.1) is 0 Å². The van der Waals surface area contributed by atoms with E-state index in [-0.39, 0.29) is 18.4 Å². The molecule has 0 atom stereocenters. The summed E-state index contributed by atoms with van der Waals surface area (Å²) >= 11 is 0. The standard InChI is InChI=1S/C18H21N5O3/c1-3-4-7-26-15(25)9-23-14-6-5-12(22-11(2)24)8-13(14)16-17(19)20-10-21-18(16)23/h5-6,8,10H,3-4,7,9H2,1-2H3,(H,22,24)(H2,19,20,21). The van der Waals surface area contributed by atoms with Crippen LogP contribution in [0.15, 0.2) is 24.5 Å². The predicted octanol–water partition coefficient (Wildman–Crippen LogP) is 2.47. The highest BCUT2D eigenvalue weighted by Gasteiger charge is 2.18. The van der Waals surface area contributed by atoms with Crippen LogP contribution in [0.3, 0.4) is 0 Å². The number of anilines is 2. The number of benzene rings is 1. The molecule has 0 spiro atoms. The Kier molecular flexibility index (Phi) is 5.01. The van der Waals surface area contributed by atoms with Crippen LogP contribution in [0.2, 0.25) is 0 Å². The molecule has 136 valence electrons. The number of nitrogens with two attached hydrogens (primary N) is 1. The summed E-state index contributed by atoms with van der Waals surface area (Å²) in [6.45, 7) is 3.90. The minimum atomic E-state index is -0.333. The Bertz CT molecular complexity index is 980. The van der Waals surface area contributed by atoms with Crippen LogP contribution >= 0.6 is 0 Å². The number of ether oxygens (including phenoxy) is 1. The number of nitrogens with one attached hydrogen (secondary N) is 1. The first-order valence-electron chi connectivity index (χ1n) is 8.47. The predicted molar refractivity (Wildman–Crippen MR) is 99.6 cm³/mol. The molecule has 0 fully saturated rings. The number of nitrogens with zero attached hydrogens (tertiary/aromatic N) is 3. The molecule has 0 aliphatic heterocycles. The van der Waals surface area contributed by atoms with Gasteiger partial charge >= 0.3 is 5.97 Å². The summed E-state index contributed by atoms with van der Waals surface area (Å²) in [5.41, 5.74) is 8.01. The van der Waals surface area contributed by atoms with Crippen molar-refractivity contribution in [2.75, 3.05) is 17.7 Å². The average Bonchev–Trinajstić information content (AvgIpc) is 2.89. The zero-order chi connectivity index (χ0) is 18.7. The van der Waals surface area contributed by atoms with E-state index in [0.29, 0.717) is 29.1 Å². The normalized spacial score (nSPS) is 11.0. The Morgan fingerprint density at radius 3 is 2.85 bits per heavy atom. The molecule has 0 saturated carbocycles. The summed E-state index contributed by atoms with van der Waals surface area (Å²) in [7, 11) is 0. The van der Waals surface area contributed by atoms with Crippen molar-refractivity contribution in [2.45, 2.75) is 33.2 Å². The molecule has 8 nitrogen and oxygen atoms in total. The Hall–Kier alpha value is -3.16. The number of rotatable bonds is 6. The minimum Gasteiger partial charge on any atom is -0.464 e. The van der Waals surface area contributed by atoms with Gasteiger partial charge in [0.15, 0.2) is 0 Å². The second-order valence-electron chi connectivity index (χ2n) is 6.03. The summed E-state index contributed by atoms with van der Waals surface area (Å²) < 4.78 is 7.03. The van der Waals surface area contributed by atoms with Crippen molar-refractivity contribution in [3.05, 3.63) is 24.5 Å². The van der Waals surface area contributed by atoms with Crippen LogP contribution in [-0.4, -0.2) is 33.0 Å². The van der Waals surface area contributed by atoms with Gasteiger partial charge in [-0.2, -0.15) is 0 Å². The Morgan fingerprint density at radius 1 is 1.31 bits per heavy atom. The highest BCUT2D eigenvalue weighted by Crippen LogP contribution is 2.32. The molecule has 0 aliphatic rings. The maximum absolute atomic E-state index is 12.2. The first-order chi connectivity index (χ1) is 12.5. The Balaban J connectivity index is 2.07. The third kappa shape index (κ3) is 3.44. The summed E-state index contributed by atoms with van der Waals surface area (Å²) in [5, 5.41) is 4.16. The zero-order valence-electron chi connectivity index (χ0n) is 14.8. The van der Waals surface area contributed by atoms with Crippen LogP contribution in [0.5, 0.6) is 0 Å². The molecule has 3 rings (SSSR count). The van der Waals surface area contributed by atoms with Gasteiger partial charge in [0, 0.05) is 18.0 Å². The Labute approximate surface area is 150 Å². The molecule has 0 unspecified atom stereocenters. The number of hydrogen-bond acceptors (Lipinski definition) is 6. The third-order valence-corrected chi connectivity index (χ3v) is 4.04. The molecule has 3 aromatic rings. The van der Waals surface area contributed by atoms with Crippen molar-refractivity contribution in [2.24, 2.45) is 0 Å². The summed E-state index contributed by atoms with van der Waals surface area (Å²) in [6, 6.07) is 5.39. The molecule has 26 heavy (non-hydrogen) atoms. The largest absolute Gasteiger partial charge is 0.464 e. The van der Waals surface area contributed by atoms with Gasteiger partial charge in [0.05, 0.1) is 17.5 Å². The fourth-order valence-electron chi connectivity index (χ4n) is 2.88. The highest BCUT2D eigenvalue weighted by molar-refractivity contribution is 6.13. The van der Waals surface area contributed by atoms with Gasteiger partial charge in [-0.25, -0.2) is 9.97 Å². The number of esters is 1. The van der Waals surface area contributed by atoms with E-state index >= 15 is 0 Å². The third-order valence-electron chi connectivity index (χ3n) is 4.04. The summed E-state index contributed by atoms with van der Waals surface area (Å²) in [5.74, 6) is -0.185. The number of fused-ring (bicyclic) bond motifs is 3. The number of hydrogen-bond donors (Lipinski definition) is 2. The maximum atomic E-state index is 12.2. The minimum absolute atomic E-state index is 0.0274. The van der Waals surface area contributed by atoms with E-state index in [1.165, 1.54) is 13.3 Å². The van der Waals surface area contributed by atoms with E-state index in [4.69, 9.17) is 10.5 Å². The van der Waals surface area contributed by atoms with Gasteiger partial charge in [0.1, 0.15) is 24.3 Å². The molecule has 0 saturated heterocycles. The van der Waals surface area contributed by atoms with Crippen LogP contribution in [-0.2, 0) is 20.9 Å². The number of unbranched alkanes of at least 4 members (excludes halogenated alkanes) is 1. The highest BCUT2D eigenvalue weighted by atomic mass is 16.5. The first kappa shape index (κ1) is 17.7. The van der Waals surface area contributed by atoms with Crippen molar-refractivity contribution >= 4 is 45.3 Å². The molecule has 2 aromatic heterocycles. The fraction of sp³-hybridized carbons (Fsp3) is 0.333. The number of amides is 1. The molecular formula is C18H21N5O3. The summed E-state index contributed by atoms with van der Waals surface area (Å²) in [4.78, 5) is 31.9. The average molecular weight is 355 g/mol. The van der Waals surface area contributed by atoms with E-state index in [0.717, 1.165) is 23.7 Å². The molecule has 0 radical (unpaired) electrons. The van der Waals surface area contributed by atoms with Gasteiger partial charge < -0.3 is 20.4 Å². The number of nitrogen functional groups attached to an aromatic ring is 1. The lowest BCUT2D eigenvalue weighted by atomic mass is 10.2. The molecule has 0 bridgehead atoms. The van der Waals surface area contributed by atoms with Gasteiger partial charge in [-0.05, 0) is 24.6 Å². The fourth-order valence-corrected chi connectivity index (χ4v) is 2.88. The topological polar surface area (TPSA) is 112 Å². The van der Waals surface area contributed by atoms with E-state index in [9.17, 15) is 9.59 Å². The first-order valence-corrected chi connectivity index (χ1v) is 8.47. The number of carbonyl (C=O) groups is 2. The van der Waals surface area contributed by atoms with Crippen molar-refractivity contribution in [1.29, 1.82) is 0 Å². The van der Waals surface area contributed by atoms with Crippen LogP contribution in [0.4, 0.5) is 11.5 Å². The monoisotopic (exact) mass is 355 g/mol. The molecule has 8 heteroatoms. The number of carbonyl (C=O) groups excluding carboxylic acids is 2. The van der Waals surface area contributed by atoms with Crippen molar-refractivity contribution < 1.29 is 14.3 Å². The molecule has 3 N–H and O–H groups in total. The van der Waals surface area contributed by atoms with Crippen LogP contribution < -0.4 is 11.1 Å². The van der Waals surface area contributed by atoms with Crippen LogP contribution in [0, 0.1) is 0 Å². The lowest BCUT2D eigenvalue weighted by molar-refractivity contribution is -0.144. The SMILES string of the molecule is CCCCOC(=O)Cn1c2ccc(NC(C)=O)cc2c2c(N)ncnc21. The number of aromatic nitrogens is 3. The maximum Gasteiger partial charge on any atom is 0.326 e. The van der Waals surface area contributed by atoms with Gasteiger partial charge in [0.2, 0.25) is 5.91 Å². The van der Waals surface area contributed by atoms with E-state index in [1.807, 2.05) is 13.0 Å². The van der Waals surface area contributed by atoms with E-state index < -0.39 is 0 Å². The Morgan fingerprint density at radius 2 is 2.12 bits per heavy atom. The van der Waals surface area contributed by atoms with Crippen LogP contribution in [0.25, 0.3) is 21.9 Å². The second kappa shape index (κ2) is 7.38. The smallest absolute Gasteiger partial charge is 0.326 e. The lowest BCUT2D eigenvalue weighted by Crippen LogP contribution is -2.14. The van der Waals surface area contributed by atoms with Gasteiger partial charge in [-0.3, -0.25) is 9.59 Å². The van der Waals surface area contributed by atoms with Crippen LogP contribution in [0.1, 0.15) is 26.7 Å². The van der Waals surface area contributed by atoms with E-state index in [2.05, 4.69) is 15.3 Å². The molecule has 1 aromatic carbocycles. The molecular weight excluding hydrogens is 334 g/mol. The van der Waals surface area contributed by atoms with Gasteiger partial charge in [-0.1, -0.05) is 13.3 Å². The quantitative estimate of drug-likeness (QED) is 0.519. The van der Waals surface area contributed by atoms with Crippen molar-refractivity contribution in [3.8, 4) is 0 Å². The second-order valence-corrected chi connectivity index (χ2v) is 6.03. The lowest BCUT2D eigenvalue weighted by Gasteiger charge is -2.08. The summed E-state index contributed by atoms with van der Waals surface area (Å²) in [6.07, 6.45) is 3.15. The van der Waals surface area contributed by atoms with Crippen molar-refractivity contribution in [3.63, 3.8) is 0 Å². The molecule has 1 amide bonds. The van der Waals surface area contributed by atoms with Crippen molar-refractivity contribution in [1.82, 2.24) is 14.5 Å². The van der Waals surface area contributed by atoms with E-state index in [1.54, 1.807) is 16.7 Å².